The maximum Gasteiger partial charge on any atom is 0.234 e. The molecular formula is C24H21N3O3S. The maximum atomic E-state index is 12.5. The summed E-state index contributed by atoms with van der Waals surface area (Å²) in [4.78, 5) is 12.5. The number of methoxy groups -OCH3 is 2. The zero-order chi connectivity index (χ0) is 21.6. The van der Waals surface area contributed by atoms with Crippen LogP contribution in [0.25, 0.3) is 22.0 Å². The molecule has 0 atom stereocenters. The lowest BCUT2D eigenvalue weighted by molar-refractivity contribution is -0.113. The van der Waals surface area contributed by atoms with E-state index in [1.54, 1.807) is 14.2 Å². The van der Waals surface area contributed by atoms with E-state index in [1.165, 1.54) is 11.8 Å². The Balaban J connectivity index is 1.42. The van der Waals surface area contributed by atoms with Crippen molar-refractivity contribution in [1.29, 1.82) is 0 Å². The van der Waals surface area contributed by atoms with Crippen molar-refractivity contribution in [2.45, 2.75) is 5.03 Å². The van der Waals surface area contributed by atoms with Crippen LogP contribution in [0.1, 0.15) is 0 Å². The Morgan fingerprint density at radius 3 is 2.55 bits per heavy atom. The van der Waals surface area contributed by atoms with Crippen molar-refractivity contribution in [2.75, 3.05) is 25.3 Å². The fraction of sp³-hybridized carbons (Fsp3) is 0.125. The van der Waals surface area contributed by atoms with Crippen molar-refractivity contribution in [3.8, 4) is 22.8 Å². The second-order valence-electron chi connectivity index (χ2n) is 6.69. The van der Waals surface area contributed by atoms with Crippen LogP contribution in [-0.2, 0) is 4.79 Å². The van der Waals surface area contributed by atoms with Crippen molar-refractivity contribution in [3.63, 3.8) is 0 Å². The average Bonchev–Trinajstić information content (AvgIpc) is 2.83. The summed E-state index contributed by atoms with van der Waals surface area (Å²) in [5, 5.41) is 14.3. The number of nitrogens with zero attached hydrogens (tertiary/aromatic N) is 2. The first-order valence-corrected chi connectivity index (χ1v) is 10.6. The number of hydrogen-bond donors (Lipinski definition) is 1. The van der Waals surface area contributed by atoms with Crippen LogP contribution in [0, 0.1) is 0 Å². The molecule has 0 bridgehead atoms. The highest BCUT2D eigenvalue weighted by atomic mass is 32.2. The molecule has 6 nitrogen and oxygen atoms in total. The second-order valence-corrected chi connectivity index (χ2v) is 7.68. The van der Waals surface area contributed by atoms with Gasteiger partial charge in [0.15, 0.2) is 0 Å². The SMILES string of the molecule is COc1ccc(OC)c(-c2ccc(SCC(=O)Nc3cccc4ccccc34)nn2)c1. The minimum Gasteiger partial charge on any atom is -0.497 e. The normalized spacial score (nSPS) is 10.6. The number of benzene rings is 3. The Morgan fingerprint density at radius 2 is 1.77 bits per heavy atom. The second kappa shape index (κ2) is 9.49. The molecule has 0 aliphatic carbocycles. The van der Waals surface area contributed by atoms with Gasteiger partial charge in [0.05, 0.1) is 25.7 Å². The third kappa shape index (κ3) is 4.78. The monoisotopic (exact) mass is 431 g/mol. The summed E-state index contributed by atoms with van der Waals surface area (Å²) >= 11 is 1.33. The molecule has 1 heterocycles. The Hall–Kier alpha value is -3.58. The lowest BCUT2D eigenvalue weighted by Gasteiger charge is -2.10. The van der Waals surface area contributed by atoms with Crippen LogP contribution in [0.5, 0.6) is 11.5 Å². The fourth-order valence-corrected chi connectivity index (χ4v) is 3.83. The average molecular weight is 432 g/mol. The van der Waals surface area contributed by atoms with Gasteiger partial charge < -0.3 is 14.8 Å². The van der Waals surface area contributed by atoms with E-state index in [2.05, 4.69) is 15.5 Å². The third-order valence-electron chi connectivity index (χ3n) is 4.74. The molecule has 0 aliphatic rings. The number of fused-ring (bicyclic) bond motifs is 1. The number of nitrogens with one attached hydrogen (secondary N) is 1. The van der Waals surface area contributed by atoms with Gasteiger partial charge in [-0.3, -0.25) is 4.79 Å². The predicted molar refractivity (Wildman–Crippen MR) is 124 cm³/mol. The van der Waals surface area contributed by atoms with Crippen LogP contribution >= 0.6 is 11.8 Å². The molecule has 0 saturated heterocycles. The number of ether oxygens (including phenoxy) is 2. The van der Waals surface area contributed by atoms with Gasteiger partial charge in [-0.25, -0.2) is 0 Å². The zero-order valence-corrected chi connectivity index (χ0v) is 18.0. The molecule has 1 amide bonds. The first-order chi connectivity index (χ1) is 15.2. The van der Waals surface area contributed by atoms with Crippen LogP contribution in [0.4, 0.5) is 5.69 Å². The van der Waals surface area contributed by atoms with Gasteiger partial charge in [-0.05, 0) is 41.8 Å². The summed E-state index contributed by atoms with van der Waals surface area (Å²) < 4.78 is 10.7. The molecule has 0 saturated carbocycles. The molecule has 156 valence electrons. The summed E-state index contributed by atoms with van der Waals surface area (Å²) in [6.45, 7) is 0. The van der Waals surface area contributed by atoms with E-state index in [4.69, 9.17) is 9.47 Å². The number of thioether (sulfide) groups is 1. The van der Waals surface area contributed by atoms with Gasteiger partial charge in [-0.2, -0.15) is 0 Å². The van der Waals surface area contributed by atoms with Crippen LogP contribution in [-0.4, -0.2) is 36.1 Å². The molecule has 0 aliphatic heterocycles. The van der Waals surface area contributed by atoms with Crippen LogP contribution in [0.3, 0.4) is 0 Å². The highest BCUT2D eigenvalue weighted by Gasteiger charge is 2.11. The van der Waals surface area contributed by atoms with Gasteiger partial charge in [0.25, 0.3) is 0 Å². The molecule has 3 aromatic carbocycles. The Morgan fingerprint density at radius 1 is 0.935 bits per heavy atom. The van der Waals surface area contributed by atoms with Gasteiger partial charge in [0.2, 0.25) is 5.91 Å². The zero-order valence-electron chi connectivity index (χ0n) is 17.2. The summed E-state index contributed by atoms with van der Waals surface area (Å²) in [6, 6.07) is 23.0. The summed E-state index contributed by atoms with van der Waals surface area (Å²) in [7, 11) is 3.22. The van der Waals surface area contributed by atoms with Crippen LogP contribution < -0.4 is 14.8 Å². The molecular weight excluding hydrogens is 410 g/mol. The van der Waals surface area contributed by atoms with E-state index in [0.29, 0.717) is 22.2 Å². The smallest absolute Gasteiger partial charge is 0.234 e. The van der Waals surface area contributed by atoms with Crippen LogP contribution in [0.15, 0.2) is 77.8 Å². The molecule has 1 aromatic heterocycles. The summed E-state index contributed by atoms with van der Waals surface area (Å²) in [5.74, 6) is 1.53. The lowest BCUT2D eigenvalue weighted by Crippen LogP contribution is -2.14. The molecule has 0 fully saturated rings. The van der Waals surface area contributed by atoms with Gasteiger partial charge in [-0.15, -0.1) is 10.2 Å². The predicted octanol–water partition coefficient (Wildman–Crippen LogP) is 5.04. The van der Waals surface area contributed by atoms with E-state index < -0.39 is 0 Å². The Labute approximate surface area is 184 Å². The highest BCUT2D eigenvalue weighted by Crippen LogP contribution is 2.32. The number of anilines is 1. The molecule has 31 heavy (non-hydrogen) atoms. The first kappa shape index (κ1) is 20.7. The van der Waals surface area contributed by atoms with E-state index in [1.807, 2.05) is 72.8 Å². The van der Waals surface area contributed by atoms with Gasteiger partial charge >= 0.3 is 0 Å². The number of carbonyl (C=O) groups is 1. The van der Waals surface area contributed by atoms with Crippen molar-refractivity contribution in [2.24, 2.45) is 0 Å². The van der Waals surface area contributed by atoms with Crippen molar-refractivity contribution in [3.05, 3.63) is 72.8 Å². The van der Waals surface area contributed by atoms with Crippen LogP contribution in [0.2, 0.25) is 0 Å². The van der Waals surface area contributed by atoms with E-state index in [0.717, 1.165) is 22.0 Å². The third-order valence-corrected chi connectivity index (χ3v) is 5.66. The largest absolute Gasteiger partial charge is 0.497 e. The first-order valence-electron chi connectivity index (χ1n) is 9.64. The quantitative estimate of drug-likeness (QED) is 0.413. The Kier molecular flexibility index (Phi) is 6.33. The standard InChI is InChI=1S/C24H21N3O3S/c1-29-17-10-12-22(30-2)19(14-17)21-11-13-24(27-26-21)31-15-23(28)25-20-9-5-7-16-6-3-4-8-18(16)20/h3-14H,15H2,1-2H3,(H,25,28). The van der Waals surface area contributed by atoms with E-state index >= 15 is 0 Å². The van der Waals surface area contributed by atoms with Crippen molar-refractivity contribution >= 4 is 34.1 Å². The van der Waals surface area contributed by atoms with E-state index in [-0.39, 0.29) is 11.7 Å². The maximum absolute atomic E-state index is 12.5. The number of rotatable bonds is 7. The van der Waals surface area contributed by atoms with Crippen molar-refractivity contribution in [1.82, 2.24) is 10.2 Å². The number of amides is 1. The fourth-order valence-electron chi connectivity index (χ4n) is 3.22. The summed E-state index contributed by atoms with van der Waals surface area (Å²) in [6.07, 6.45) is 0. The minimum absolute atomic E-state index is 0.0957. The topological polar surface area (TPSA) is 73.3 Å². The number of aromatic nitrogens is 2. The Bertz CT molecular complexity index is 1210. The molecule has 0 radical (unpaired) electrons. The van der Waals surface area contributed by atoms with Crippen molar-refractivity contribution < 1.29 is 14.3 Å². The number of carbonyl (C=O) groups excluding carboxylic acids is 1. The summed E-state index contributed by atoms with van der Waals surface area (Å²) in [5.41, 5.74) is 2.26. The lowest BCUT2D eigenvalue weighted by atomic mass is 10.1. The van der Waals surface area contributed by atoms with Gasteiger partial charge in [-0.1, -0.05) is 48.2 Å². The molecule has 4 aromatic rings. The minimum atomic E-state index is -0.0957. The number of hydrogen-bond acceptors (Lipinski definition) is 6. The molecule has 1 N–H and O–H groups in total. The molecule has 7 heteroatoms. The molecule has 0 unspecified atom stereocenters. The highest BCUT2D eigenvalue weighted by molar-refractivity contribution is 7.99. The molecule has 4 rings (SSSR count). The van der Waals surface area contributed by atoms with Gasteiger partial charge in [0, 0.05) is 16.6 Å². The van der Waals surface area contributed by atoms with E-state index in [9.17, 15) is 4.79 Å². The molecule has 0 spiro atoms. The van der Waals surface area contributed by atoms with Gasteiger partial charge in [0.1, 0.15) is 16.5 Å².